The lowest BCUT2D eigenvalue weighted by molar-refractivity contribution is 0.0161. The Morgan fingerprint density at radius 1 is 0.900 bits per heavy atom. The second-order valence-corrected chi connectivity index (χ2v) is 7.59. The lowest BCUT2D eigenvalue weighted by Gasteiger charge is -2.48. The van der Waals surface area contributed by atoms with Gasteiger partial charge in [-0.2, -0.15) is 0 Å². The van der Waals surface area contributed by atoms with Crippen molar-refractivity contribution in [2.75, 3.05) is 39.8 Å². The summed E-state index contributed by atoms with van der Waals surface area (Å²) in [7, 11) is 2.21. The van der Waals surface area contributed by atoms with Gasteiger partial charge in [-0.3, -0.25) is 0 Å². The zero-order valence-electron chi connectivity index (χ0n) is 13.2. The van der Waals surface area contributed by atoms with Crippen molar-refractivity contribution >= 4 is 0 Å². The Morgan fingerprint density at radius 3 is 2.05 bits per heavy atom. The summed E-state index contributed by atoms with van der Waals surface area (Å²) in [4.78, 5) is 2.40. The highest BCUT2D eigenvalue weighted by Gasteiger charge is 2.44. The fourth-order valence-corrected chi connectivity index (χ4v) is 4.50. The molecular formula is C16H32N4. The van der Waals surface area contributed by atoms with Crippen LogP contribution in [0.5, 0.6) is 0 Å². The molecule has 0 aromatic heterocycles. The zero-order chi connectivity index (χ0) is 14.1. The van der Waals surface area contributed by atoms with Crippen LogP contribution in [0.1, 0.15) is 51.4 Å². The van der Waals surface area contributed by atoms with Gasteiger partial charge in [-0.15, -0.1) is 0 Å². The van der Waals surface area contributed by atoms with Crippen molar-refractivity contribution in [2.24, 2.45) is 11.1 Å². The van der Waals surface area contributed by atoms with Crippen LogP contribution in [0.3, 0.4) is 0 Å². The molecule has 0 aromatic carbocycles. The quantitative estimate of drug-likeness (QED) is 0.824. The van der Waals surface area contributed by atoms with Gasteiger partial charge in [0.1, 0.15) is 0 Å². The summed E-state index contributed by atoms with van der Waals surface area (Å²) in [5.74, 6) is 0. The SMILES string of the molecule is CN1CCN(NC2(CN)CCC3(CCCC3)CC2)CC1. The number of hydrogen-bond acceptors (Lipinski definition) is 4. The van der Waals surface area contributed by atoms with Gasteiger partial charge in [0.25, 0.3) is 0 Å². The highest BCUT2D eigenvalue weighted by atomic mass is 15.5. The van der Waals surface area contributed by atoms with E-state index in [1.807, 2.05) is 0 Å². The number of hydrogen-bond donors (Lipinski definition) is 2. The Morgan fingerprint density at radius 2 is 1.50 bits per heavy atom. The minimum atomic E-state index is 0.184. The first-order valence-electron chi connectivity index (χ1n) is 8.57. The molecule has 0 unspecified atom stereocenters. The van der Waals surface area contributed by atoms with E-state index in [1.54, 1.807) is 0 Å². The lowest BCUT2D eigenvalue weighted by Crippen LogP contribution is -2.63. The maximum atomic E-state index is 6.17. The summed E-state index contributed by atoms with van der Waals surface area (Å²) in [5.41, 5.74) is 10.9. The molecule has 2 saturated carbocycles. The molecule has 0 amide bonds. The third-order valence-electron chi connectivity index (χ3n) is 6.22. The third kappa shape index (κ3) is 3.03. The van der Waals surface area contributed by atoms with Crippen LogP contribution >= 0.6 is 0 Å². The van der Waals surface area contributed by atoms with Crippen molar-refractivity contribution in [3.05, 3.63) is 0 Å². The van der Waals surface area contributed by atoms with E-state index < -0.39 is 0 Å². The molecule has 20 heavy (non-hydrogen) atoms. The summed E-state index contributed by atoms with van der Waals surface area (Å²) in [6.07, 6.45) is 11.2. The van der Waals surface area contributed by atoms with Crippen molar-refractivity contribution in [3.8, 4) is 0 Å². The number of nitrogens with two attached hydrogens (primary N) is 1. The Bertz CT molecular complexity index is 306. The molecule has 3 rings (SSSR count). The van der Waals surface area contributed by atoms with Crippen molar-refractivity contribution in [1.29, 1.82) is 0 Å². The molecule has 3 aliphatic rings. The summed E-state index contributed by atoms with van der Waals surface area (Å²) in [5, 5.41) is 2.43. The van der Waals surface area contributed by atoms with E-state index in [1.165, 1.54) is 51.4 Å². The van der Waals surface area contributed by atoms with Crippen molar-refractivity contribution in [1.82, 2.24) is 15.3 Å². The number of piperazine rings is 1. The van der Waals surface area contributed by atoms with Gasteiger partial charge in [0.2, 0.25) is 0 Å². The standard InChI is InChI=1S/C16H32N4/c1-19-10-12-20(13-11-19)18-16(14-17)8-6-15(7-9-16)4-2-3-5-15/h18H,2-14,17H2,1H3. The van der Waals surface area contributed by atoms with Gasteiger partial charge in [-0.05, 0) is 51.0 Å². The largest absolute Gasteiger partial charge is 0.329 e. The molecular weight excluding hydrogens is 248 g/mol. The fraction of sp³-hybridized carbons (Fsp3) is 1.00. The van der Waals surface area contributed by atoms with Crippen molar-refractivity contribution < 1.29 is 0 Å². The summed E-state index contributed by atoms with van der Waals surface area (Å²) >= 11 is 0. The number of likely N-dealkylation sites (N-methyl/N-ethyl adjacent to an activating group) is 1. The van der Waals surface area contributed by atoms with Crippen LogP contribution in [0.4, 0.5) is 0 Å². The molecule has 1 aliphatic heterocycles. The van der Waals surface area contributed by atoms with E-state index in [9.17, 15) is 0 Å². The molecule has 0 atom stereocenters. The Balaban J connectivity index is 1.56. The van der Waals surface area contributed by atoms with Crippen LogP contribution in [0.15, 0.2) is 0 Å². The van der Waals surface area contributed by atoms with Gasteiger partial charge >= 0.3 is 0 Å². The van der Waals surface area contributed by atoms with Gasteiger partial charge < -0.3 is 10.6 Å². The summed E-state index contributed by atoms with van der Waals surface area (Å²) in [6, 6.07) is 0. The minimum absolute atomic E-state index is 0.184. The molecule has 4 nitrogen and oxygen atoms in total. The second kappa shape index (κ2) is 5.91. The minimum Gasteiger partial charge on any atom is -0.329 e. The van der Waals surface area contributed by atoms with Gasteiger partial charge in [-0.25, -0.2) is 10.4 Å². The van der Waals surface area contributed by atoms with E-state index in [-0.39, 0.29) is 5.54 Å². The van der Waals surface area contributed by atoms with Gasteiger partial charge in [0.15, 0.2) is 0 Å². The molecule has 116 valence electrons. The van der Waals surface area contributed by atoms with Crippen molar-refractivity contribution in [3.63, 3.8) is 0 Å². The molecule has 0 aromatic rings. The average Bonchev–Trinajstić information content (AvgIpc) is 2.93. The highest BCUT2D eigenvalue weighted by molar-refractivity contribution is 4.99. The topological polar surface area (TPSA) is 44.5 Å². The van der Waals surface area contributed by atoms with E-state index in [2.05, 4.69) is 22.4 Å². The highest BCUT2D eigenvalue weighted by Crippen LogP contribution is 2.51. The molecule has 4 heteroatoms. The summed E-state index contributed by atoms with van der Waals surface area (Å²) < 4.78 is 0. The molecule has 1 heterocycles. The number of nitrogens with one attached hydrogen (secondary N) is 1. The van der Waals surface area contributed by atoms with Crippen LogP contribution in [-0.4, -0.2) is 55.2 Å². The van der Waals surface area contributed by atoms with Gasteiger partial charge in [0, 0.05) is 38.3 Å². The van der Waals surface area contributed by atoms with Crippen LogP contribution < -0.4 is 11.2 Å². The lowest BCUT2D eigenvalue weighted by atomic mass is 9.66. The van der Waals surface area contributed by atoms with Gasteiger partial charge in [-0.1, -0.05) is 12.8 Å². The first kappa shape index (κ1) is 14.8. The van der Waals surface area contributed by atoms with E-state index >= 15 is 0 Å². The molecule has 1 spiro atoms. The first-order chi connectivity index (χ1) is 9.65. The van der Waals surface area contributed by atoms with E-state index in [0.717, 1.165) is 32.7 Å². The van der Waals surface area contributed by atoms with E-state index in [0.29, 0.717) is 5.41 Å². The van der Waals surface area contributed by atoms with Gasteiger partial charge in [0.05, 0.1) is 0 Å². The normalized spacial score (nSPS) is 30.9. The third-order valence-corrected chi connectivity index (χ3v) is 6.22. The predicted octanol–water partition coefficient (Wildman–Crippen LogP) is 1.57. The second-order valence-electron chi connectivity index (χ2n) is 7.59. The molecule has 2 aliphatic carbocycles. The smallest absolute Gasteiger partial charge is 0.0448 e. The maximum Gasteiger partial charge on any atom is 0.0448 e. The zero-order valence-corrected chi connectivity index (χ0v) is 13.2. The number of nitrogens with zero attached hydrogens (tertiary/aromatic N) is 2. The van der Waals surface area contributed by atoms with Crippen LogP contribution in [-0.2, 0) is 0 Å². The Kier molecular flexibility index (Phi) is 4.37. The van der Waals surface area contributed by atoms with Crippen LogP contribution in [0.25, 0.3) is 0 Å². The monoisotopic (exact) mass is 280 g/mol. The Hall–Kier alpha value is -0.160. The number of hydrazine groups is 1. The summed E-state index contributed by atoms with van der Waals surface area (Å²) in [6.45, 7) is 5.37. The van der Waals surface area contributed by atoms with Crippen molar-refractivity contribution in [2.45, 2.75) is 56.9 Å². The predicted molar refractivity (Wildman–Crippen MR) is 83.4 cm³/mol. The molecule has 0 bridgehead atoms. The maximum absolute atomic E-state index is 6.17. The Labute approximate surface area is 124 Å². The number of rotatable bonds is 3. The van der Waals surface area contributed by atoms with Crippen LogP contribution in [0, 0.1) is 5.41 Å². The molecule has 1 saturated heterocycles. The van der Waals surface area contributed by atoms with Crippen LogP contribution in [0.2, 0.25) is 0 Å². The average molecular weight is 280 g/mol. The first-order valence-corrected chi connectivity index (χ1v) is 8.57. The molecule has 0 radical (unpaired) electrons. The van der Waals surface area contributed by atoms with E-state index in [4.69, 9.17) is 5.73 Å². The molecule has 3 N–H and O–H groups in total. The molecule has 3 fully saturated rings. The fourth-order valence-electron chi connectivity index (χ4n) is 4.50.